The van der Waals surface area contributed by atoms with Crippen molar-refractivity contribution < 1.29 is 22.4 Å². The van der Waals surface area contributed by atoms with Gasteiger partial charge in [-0.2, -0.15) is 4.31 Å². The van der Waals surface area contributed by atoms with Crippen LogP contribution in [-0.4, -0.2) is 55.8 Å². The third-order valence-corrected chi connectivity index (χ3v) is 6.00. The second-order valence-corrected chi connectivity index (χ2v) is 8.25. The minimum Gasteiger partial charge on any atom is -0.491 e. The Morgan fingerprint density at radius 3 is 2.27 bits per heavy atom. The molecule has 1 amide bonds. The van der Waals surface area contributed by atoms with Crippen LogP contribution in [0.5, 0.6) is 5.75 Å². The molecular formula is C18H22N2O5S. The van der Waals surface area contributed by atoms with Crippen molar-refractivity contribution in [3.63, 3.8) is 0 Å². The van der Waals surface area contributed by atoms with E-state index < -0.39 is 10.0 Å². The maximum atomic E-state index is 12.8. The van der Waals surface area contributed by atoms with Gasteiger partial charge in [0, 0.05) is 26.2 Å². The van der Waals surface area contributed by atoms with E-state index in [2.05, 4.69) is 0 Å². The first-order valence-electron chi connectivity index (χ1n) is 8.47. The Balaban J connectivity index is 1.65. The molecule has 26 heavy (non-hydrogen) atoms. The largest absolute Gasteiger partial charge is 0.491 e. The molecule has 0 unspecified atom stereocenters. The third kappa shape index (κ3) is 3.91. The molecule has 0 bridgehead atoms. The number of rotatable bonds is 5. The second kappa shape index (κ2) is 7.51. The molecule has 1 fully saturated rings. The number of hydrogen-bond donors (Lipinski definition) is 0. The van der Waals surface area contributed by atoms with Crippen molar-refractivity contribution in [1.82, 2.24) is 9.21 Å². The highest BCUT2D eigenvalue weighted by Gasteiger charge is 2.31. The van der Waals surface area contributed by atoms with Gasteiger partial charge in [0.05, 0.1) is 17.3 Å². The SMILES string of the molecule is CC(C)Oc1ccc(S(=O)(=O)N2CCN(C(=O)c3ccco3)CC2)cc1. The number of hydrogen-bond acceptors (Lipinski definition) is 5. The summed E-state index contributed by atoms with van der Waals surface area (Å²) in [5.41, 5.74) is 0. The maximum Gasteiger partial charge on any atom is 0.289 e. The lowest BCUT2D eigenvalue weighted by molar-refractivity contribution is 0.0666. The van der Waals surface area contributed by atoms with E-state index in [4.69, 9.17) is 9.15 Å². The Morgan fingerprint density at radius 2 is 1.73 bits per heavy atom. The van der Waals surface area contributed by atoms with Crippen molar-refractivity contribution in [2.75, 3.05) is 26.2 Å². The first kappa shape index (κ1) is 18.5. The molecule has 140 valence electrons. The predicted octanol–water partition coefficient (Wildman–Crippen LogP) is 2.21. The van der Waals surface area contributed by atoms with Crippen LogP contribution in [0, 0.1) is 0 Å². The van der Waals surface area contributed by atoms with Crippen LogP contribution in [0.4, 0.5) is 0 Å². The molecule has 7 nitrogen and oxygen atoms in total. The molecule has 1 saturated heterocycles. The van der Waals surface area contributed by atoms with Crippen LogP contribution >= 0.6 is 0 Å². The summed E-state index contributed by atoms with van der Waals surface area (Å²) in [4.78, 5) is 14.1. The summed E-state index contributed by atoms with van der Waals surface area (Å²) in [7, 11) is -3.59. The molecule has 0 spiro atoms. The average Bonchev–Trinajstić information content (AvgIpc) is 3.16. The fraction of sp³-hybridized carbons (Fsp3) is 0.389. The van der Waals surface area contributed by atoms with Crippen molar-refractivity contribution in [3.8, 4) is 5.75 Å². The average molecular weight is 378 g/mol. The zero-order valence-electron chi connectivity index (χ0n) is 14.8. The molecule has 0 N–H and O–H groups in total. The van der Waals surface area contributed by atoms with Crippen molar-refractivity contribution in [2.45, 2.75) is 24.8 Å². The Labute approximate surface area is 153 Å². The van der Waals surface area contributed by atoms with E-state index in [1.165, 1.54) is 10.6 Å². The monoisotopic (exact) mass is 378 g/mol. The Morgan fingerprint density at radius 1 is 1.08 bits per heavy atom. The molecule has 3 rings (SSSR count). The van der Waals surface area contributed by atoms with Gasteiger partial charge in [0.2, 0.25) is 10.0 Å². The number of furan rings is 1. The van der Waals surface area contributed by atoms with Crippen molar-refractivity contribution >= 4 is 15.9 Å². The lowest BCUT2D eigenvalue weighted by Crippen LogP contribution is -2.50. The van der Waals surface area contributed by atoms with Gasteiger partial charge in [0.25, 0.3) is 5.91 Å². The summed E-state index contributed by atoms with van der Waals surface area (Å²) in [6, 6.07) is 9.67. The van der Waals surface area contributed by atoms with Gasteiger partial charge in [-0.15, -0.1) is 0 Å². The quantitative estimate of drug-likeness (QED) is 0.797. The first-order valence-corrected chi connectivity index (χ1v) is 9.91. The van der Waals surface area contributed by atoms with Gasteiger partial charge < -0.3 is 14.1 Å². The van der Waals surface area contributed by atoms with Crippen LogP contribution in [0.15, 0.2) is 52.0 Å². The highest BCUT2D eigenvalue weighted by Crippen LogP contribution is 2.22. The zero-order chi connectivity index (χ0) is 18.7. The van der Waals surface area contributed by atoms with Gasteiger partial charge in [0.1, 0.15) is 5.75 Å². The van der Waals surface area contributed by atoms with Gasteiger partial charge in [-0.1, -0.05) is 0 Å². The Hall–Kier alpha value is -2.32. The summed E-state index contributed by atoms with van der Waals surface area (Å²) in [5.74, 6) is 0.678. The van der Waals surface area contributed by atoms with Crippen LogP contribution in [0.3, 0.4) is 0 Å². The number of nitrogens with zero attached hydrogens (tertiary/aromatic N) is 2. The number of carbonyl (C=O) groups is 1. The number of ether oxygens (including phenoxy) is 1. The number of benzene rings is 1. The molecule has 0 saturated carbocycles. The summed E-state index contributed by atoms with van der Waals surface area (Å²) in [6.45, 7) is 4.97. The topological polar surface area (TPSA) is 80.1 Å². The summed E-state index contributed by atoms with van der Waals surface area (Å²) in [5, 5.41) is 0. The van der Waals surface area contributed by atoms with Crippen LogP contribution in [-0.2, 0) is 10.0 Å². The van der Waals surface area contributed by atoms with E-state index >= 15 is 0 Å². The van der Waals surface area contributed by atoms with Gasteiger partial charge in [-0.25, -0.2) is 8.42 Å². The van der Waals surface area contributed by atoms with Gasteiger partial charge in [-0.05, 0) is 50.2 Å². The fourth-order valence-electron chi connectivity index (χ4n) is 2.80. The van der Waals surface area contributed by atoms with Crippen LogP contribution in [0.25, 0.3) is 0 Å². The Kier molecular flexibility index (Phi) is 5.33. The molecule has 1 aromatic carbocycles. The molecular weight excluding hydrogens is 356 g/mol. The van der Waals surface area contributed by atoms with Gasteiger partial charge >= 0.3 is 0 Å². The van der Waals surface area contributed by atoms with Crippen molar-refractivity contribution in [2.24, 2.45) is 0 Å². The number of carbonyl (C=O) groups excluding carboxylic acids is 1. The molecule has 8 heteroatoms. The zero-order valence-corrected chi connectivity index (χ0v) is 15.6. The Bertz CT molecular complexity index is 836. The fourth-order valence-corrected chi connectivity index (χ4v) is 4.22. The molecule has 2 heterocycles. The van der Waals surface area contributed by atoms with E-state index in [-0.39, 0.29) is 35.8 Å². The van der Waals surface area contributed by atoms with E-state index in [9.17, 15) is 13.2 Å². The van der Waals surface area contributed by atoms with Crippen LogP contribution in [0.1, 0.15) is 24.4 Å². The first-order chi connectivity index (χ1) is 12.4. The maximum absolute atomic E-state index is 12.8. The standard InChI is InChI=1S/C18H22N2O5S/c1-14(2)25-15-5-7-16(8-6-15)26(22,23)20-11-9-19(10-12-20)18(21)17-4-3-13-24-17/h3-8,13-14H,9-12H2,1-2H3. The number of piperazine rings is 1. The predicted molar refractivity (Wildman–Crippen MR) is 95.6 cm³/mol. The lowest BCUT2D eigenvalue weighted by Gasteiger charge is -2.33. The van der Waals surface area contributed by atoms with Crippen molar-refractivity contribution in [1.29, 1.82) is 0 Å². The molecule has 1 aromatic heterocycles. The van der Waals surface area contributed by atoms with Crippen molar-refractivity contribution in [3.05, 3.63) is 48.4 Å². The van der Waals surface area contributed by atoms with E-state index in [0.717, 1.165) is 0 Å². The lowest BCUT2D eigenvalue weighted by atomic mass is 10.3. The highest BCUT2D eigenvalue weighted by molar-refractivity contribution is 7.89. The smallest absolute Gasteiger partial charge is 0.289 e. The molecule has 0 atom stereocenters. The van der Waals surface area contributed by atoms with E-state index in [1.54, 1.807) is 41.3 Å². The molecule has 0 radical (unpaired) electrons. The second-order valence-electron chi connectivity index (χ2n) is 6.31. The van der Waals surface area contributed by atoms with E-state index in [0.29, 0.717) is 18.8 Å². The summed E-state index contributed by atoms with van der Waals surface area (Å²) >= 11 is 0. The highest BCUT2D eigenvalue weighted by atomic mass is 32.2. The van der Waals surface area contributed by atoms with Crippen LogP contribution < -0.4 is 4.74 Å². The third-order valence-electron chi connectivity index (χ3n) is 4.09. The molecule has 1 aliphatic heterocycles. The van der Waals surface area contributed by atoms with Gasteiger partial charge in [0.15, 0.2) is 5.76 Å². The van der Waals surface area contributed by atoms with E-state index in [1.807, 2.05) is 13.8 Å². The van der Waals surface area contributed by atoms with Gasteiger partial charge in [-0.3, -0.25) is 4.79 Å². The molecule has 2 aromatic rings. The number of amides is 1. The van der Waals surface area contributed by atoms with Crippen LogP contribution in [0.2, 0.25) is 0 Å². The molecule has 1 aliphatic rings. The minimum atomic E-state index is -3.59. The number of sulfonamides is 1. The normalized spacial score (nSPS) is 16.0. The minimum absolute atomic E-state index is 0.0252. The molecule has 0 aliphatic carbocycles. The summed E-state index contributed by atoms with van der Waals surface area (Å²) in [6.07, 6.45) is 1.47. The summed E-state index contributed by atoms with van der Waals surface area (Å²) < 4.78 is 37.6.